The molecule has 1 rings (SSSR count). The molecule has 0 bridgehead atoms. The molecule has 21 heavy (non-hydrogen) atoms. The first-order chi connectivity index (χ1) is 10.1. The van der Waals surface area contributed by atoms with Crippen molar-refractivity contribution in [2.75, 3.05) is 32.7 Å². The third-order valence-corrected chi connectivity index (χ3v) is 3.86. The van der Waals surface area contributed by atoms with Crippen LogP contribution in [0.15, 0.2) is 24.3 Å². The molecule has 0 aliphatic carbocycles. The molecule has 0 saturated heterocycles. The smallest absolute Gasteiger partial charge is 0.227 e. The summed E-state index contributed by atoms with van der Waals surface area (Å²) in [5, 5.41) is 9.75. The second-order valence-electron chi connectivity index (χ2n) is 5.16. The van der Waals surface area contributed by atoms with Crippen molar-refractivity contribution in [2.24, 2.45) is 0 Å². The van der Waals surface area contributed by atoms with E-state index in [0.717, 1.165) is 32.6 Å². The maximum atomic E-state index is 12.3. The first-order valence-corrected chi connectivity index (χ1v) is 7.89. The van der Waals surface area contributed by atoms with Gasteiger partial charge >= 0.3 is 0 Å². The molecule has 4 heteroatoms. The molecule has 0 spiro atoms. The molecule has 0 aromatic heterocycles. The van der Waals surface area contributed by atoms with Crippen LogP contribution in [0, 0.1) is 0 Å². The molecule has 0 atom stereocenters. The van der Waals surface area contributed by atoms with E-state index in [2.05, 4.69) is 18.7 Å². The highest BCUT2D eigenvalue weighted by Crippen LogP contribution is 2.17. The van der Waals surface area contributed by atoms with Crippen molar-refractivity contribution in [3.05, 3.63) is 29.8 Å². The number of para-hydroxylation sites is 1. The first kappa shape index (κ1) is 17.5. The average molecular weight is 292 g/mol. The van der Waals surface area contributed by atoms with E-state index in [1.807, 2.05) is 17.9 Å². The fraction of sp³-hybridized carbons (Fsp3) is 0.588. The van der Waals surface area contributed by atoms with Gasteiger partial charge in [-0.3, -0.25) is 4.79 Å². The summed E-state index contributed by atoms with van der Waals surface area (Å²) in [6.07, 6.45) is 1.26. The van der Waals surface area contributed by atoms with Crippen molar-refractivity contribution in [1.29, 1.82) is 0 Å². The Bertz CT molecular complexity index is 431. The number of benzene rings is 1. The quantitative estimate of drug-likeness (QED) is 0.760. The van der Waals surface area contributed by atoms with Gasteiger partial charge in [0.05, 0.1) is 6.42 Å². The fourth-order valence-corrected chi connectivity index (χ4v) is 2.42. The Labute approximate surface area is 128 Å². The molecule has 0 aliphatic rings. The van der Waals surface area contributed by atoms with Crippen LogP contribution >= 0.6 is 0 Å². The molecule has 0 fully saturated rings. The third kappa shape index (κ3) is 5.76. The largest absolute Gasteiger partial charge is 0.508 e. The monoisotopic (exact) mass is 292 g/mol. The van der Waals surface area contributed by atoms with Crippen molar-refractivity contribution in [2.45, 2.75) is 33.6 Å². The Morgan fingerprint density at radius 2 is 1.71 bits per heavy atom. The minimum absolute atomic E-state index is 0.0820. The number of hydrogen-bond acceptors (Lipinski definition) is 3. The van der Waals surface area contributed by atoms with E-state index < -0.39 is 0 Å². The topological polar surface area (TPSA) is 43.8 Å². The molecule has 1 amide bonds. The molecular weight excluding hydrogens is 264 g/mol. The Hall–Kier alpha value is -1.55. The van der Waals surface area contributed by atoms with Crippen molar-refractivity contribution in [3.63, 3.8) is 0 Å². The van der Waals surface area contributed by atoms with Crippen molar-refractivity contribution < 1.29 is 9.90 Å². The summed E-state index contributed by atoms with van der Waals surface area (Å²) in [6, 6.07) is 7.04. The molecule has 0 radical (unpaired) electrons. The Morgan fingerprint density at radius 3 is 2.29 bits per heavy atom. The van der Waals surface area contributed by atoms with E-state index in [4.69, 9.17) is 0 Å². The number of phenols is 1. The summed E-state index contributed by atoms with van der Waals surface area (Å²) in [5.41, 5.74) is 0.699. The number of carbonyl (C=O) groups excluding carboxylic acids is 1. The molecule has 1 aromatic rings. The van der Waals surface area contributed by atoms with Gasteiger partial charge in [-0.1, -0.05) is 32.0 Å². The van der Waals surface area contributed by atoms with Crippen LogP contribution in [-0.4, -0.2) is 53.5 Å². The lowest BCUT2D eigenvalue weighted by atomic mass is 10.1. The highest BCUT2D eigenvalue weighted by Gasteiger charge is 2.14. The summed E-state index contributed by atoms with van der Waals surface area (Å²) in [7, 11) is 0. The van der Waals surface area contributed by atoms with Crippen molar-refractivity contribution in [3.8, 4) is 5.75 Å². The van der Waals surface area contributed by atoms with Crippen molar-refractivity contribution >= 4 is 5.91 Å². The molecule has 0 heterocycles. The molecule has 4 nitrogen and oxygen atoms in total. The summed E-state index contributed by atoms with van der Waals surface area (Å²) in [5.74, 6) is 0.281. The number of phenolic OH excluding ortho intramolecular Hbond substituents is 1. The minimum atomic E-state index is 0.0820. The van der Waals surface area contributed by atoms with Crippen LogP contribution < -0.4 is 0 Å². The van der Waals surface area contributed by atoms with Crippen LogP contribution in [-0.2, 0) is 11.2 Å². The Kier molecular flexibility index (Phi) is 7.83. The number of rotatable bonds is 9. The van der Waals surface area contributed by atoms with Crippen LogP contribution in [0.5, 0.6) is 5.75 Å². The molecule has 0 aliphatic heterocycles. The predicted octanol–water partition coefficient (Wildman–Crippen LogP) is 2.52. The normalized spacial score (nSPS) is 10.9. The van der Waals surface area contributed by atoms with Gasteiger partial charge in [0.15, 0.2) is 0 Å². The van der Waals surface area contributed by atoms with E-state index in [1.54, 1.807) is 18.2 Å². The van der Waals surface area contributed by atoms with Crippen LogP contribution in [0.4, 0.5) is 0 Å². The highest BCUT2D eigenvalue weighted by atomic mass is 16.3. The SMILES string of the molecule is CCN(CC)CCCN(CC)C(=O)Cc1ccccc1O. The number of nitrogens with zero attached hydrogens (tertiary/aromatic N) is 2. The van der Waals surface area contributed by atoms with Crippen LogP contribution in [0.1, 0.15) is 32.8 Å². The molecule has 0 saturated carbocycles. The molecule has 0 unspecified atom stereocenters. The lowest BCUT2D eigenvalue weighted by molar-refractivity contribution is -0.130. The van der Waals surface area contributed by atoms with Crippen LogP contribution in [0.2, 0.25) is 0 Å². The summed E-state index contributed by atoms with van der Waals surface area (Å²) < 4.78 is 0. The molecular formula is C17H28N2O2. The number of carbonyl (C=O) groups is 1. The Balaban J connectivity index is 2.48. The second-order valence-corrected chi connectivity index (χ2v) is 5.16. The summed E-state index contributed by atoms with van der Waals surface area (Å²) in [4.78, 5) is 16.5. The lowest BCUT2D eigenvalue weighted by Crippen LogP contribution is -2.35. The number of aromatic hydroxyl groups is 1. The molecule has 118 valence electrons. The van der Waals surface area contributed by atoms with Gasteiger partial charge in [0, 0.05) is 18.7 Å². The Morgan fingerprint density at radius 1 is 1.05 bits per heavy atom. The van der Waals surface area contributed by atoms with E-state index in [1.165, 1.54) is 0 Å². The minimum Gasteiger partial charge on any atom is -0.508 e. The first-order valence-electron chi connectivity index (χ1n) is 7.89. The van der Waals surface area contributed by atoms with Crippen LogP contribution in [0.25, 0.3) is 0 Å². The average Bonchev–Trinajstić information content (AvgIpc) is 2.50. The van der Waals surface area contributed by atoms with Gasteiger partial charge in [0.1, 0.15) is 5.75 Å². The zero-order valence-corrected chi connectivity index (χ0v) is 13.5. The second kappa shape index (κ2) is 9.40. The molecule has 1 N–H and O–H groups in total. The number of hydrogen-bond donors (Lipinski definition) is 1. The maximum Gasteiger partial charge on any atom is 0.227 e. The summed E-state index contributed by atoms with van der Waals surface area (Å²) >= 11 is 0. The van der Waals surface area contributed by atoms with Gasteiger partial charge in [-0.2, -0.15) is 0 Å². The van der Waals surface area contributed by atoms with Gasteiger partial charge < -0.3 is 14.9 Å². The predicted molar refractivity (Wildman–Crippen MR) is 86.5 cm³/mol. The lowest BCUT2D eigenvalue weighted by Gasteiger charge is -2.24. The van der Waals surface area contributed by atoms with E-state index in [9.17, 15) is 9.90 Å². The van der Waals surface area contributed by atoms with E-state index in [0.29, 0.717) is 12.1 Å². The highest BCUT2D eigenvalue weighted by molar-refractivity contribution is 5.79. The number of amides is 1. The van der Waals surface area contributed by atoms with Crippen molar-refractivity contribution in [1.82, 2.24) is 9.80 Å². The van der Waals surface area contributed by atoms with Gasteiger partial charge in [-0.15, -0.1) is 0 Å². The maximum absolute atomic E-state index is 12.3. The van der Waals surface area contributed by atoms with Gasteiger partial charge in [-0.25, -0.2) is 0 Å². The third-order valence-electron chi connectivity index (χ3n) is 3.86. The van der Waals surface area contributed by atoms with Gasteiger partial charge in [0.25, 0.3) is 0 Å². The summed E-state index contributed by atoms with van der Waals surface area (Å²) in [6.45, 7) is 10.9. The van der Waals surface area contributed by atoms with Crippen LogP contribution in [0.3, 0.4) is 0 Å². The van der Waals surface area contributed by atoms with Gasteiger partial charge in [0.2, 0.25) is 5.91 Å². The van der Waals surface area contributed by atoms with E-state index >= 15 is 0 Å². The number of likely N-dealkylation sites (N-methyl/N-ethyl adjacent to an activating group) is 1. The zero-order chi connectivity index (χ0) is 15.7. The standard InChI is InChI=1S/C17H28N2O2/c1-4-18(5-2)12-9-13-19(6-3)17(21)14-15-10-7-8-11-16(15)20/h7-8,10-11,20H,4-6,9,12-14H2,1-3H3. The van der Waals surface area contributed by atoms with E-state index in [-0.39, 0.29) is 18.1 Å². The van der Waals surface area contributed by atoms with Gasteiger partial charge in [-0.05, 0) is 39.0 Å². The fourth-order valence-electron chi connectivity index (χ4n) is 2.42. The molecule has 1 aromatic carbocycles. The zero-order valence-electron chi connectivity index (χ0n) is 13.5.